The van der Waals surface area contributed by atoms with E-state index in [1.807, 2.05) is 36.1 Å². The Balaban J connectivity index is 2.98. The van der Waals surface area contributed by atoms with Crippen molar-refractivity contribution in [3.05, 3.63) is 29.8 Å². The lowest BCUT2D eigenvalue weighted by atomic mass is 10.1. The van der Waals surface area contributed by atoms with Crippen molar-refractivity contribution in [2.24, 2.45) is 11.8 Å². The van der Waals surface area contributed by atoms with E-state index in [2.05, 4.69) is 33.0 Å². The Morgan fingerprint density at radius 1 is 1.10 bits per heavy atom. The van der Waals surface area contributed by atoms with Crippen LogP contribution in [0.25, 0.3) is 0 Å². The van der Waals surface area contributed by atoms with Gasteiger partial charge in [0.05, 0.1) is 5.56 Å². The van der Waals surface area contributed by atoms with Crippen molar-refractivity contribution in [2.75, 3.05) is 25.0 Å². The minimum absolute atomic E-state index is 0.129. The summed E-state index contributed by atoms with van der Waals surface area (Å²) in [6.45, 7) is 13.1. The topological polar surface area (TPSA) is 32.3 Å². The second-order valence-corrected chi connectivity index (χ2v) is 6.07. The number of nitrogens with one attached hydrogen (secondary N) is 1. The molecule has 1 rings (SSSR count). The number of amides is 1. The SMILES string of the molecule is CCNc1ccccc1C(=O)N(CC(C)C)CC(C)C. The summed E-state index contributed by atoms with van der Waals surface area (Å²) in [7, 11) is 0. The number of benzene rings is 1. The Hall–Kier alpha value is -1.51. The molecular weight excluding hydrogens is 248 g/mol. The summed E-state index contributed by atoms with van der Waals surface area (Å²) in [4.78, 5) is 14.8. The summed E-state index contributed by atoms with van der Waals surface area (Å²) in [6, 6.07) is 7.77. The molecule has 1 aromatic rings. The van der Waals surface area contributed by atoms with Crippen LogP contribution in [0.1, 0.15) is 45.0 Å². The van der Waals surface area contributed by atoms with Gasteiger partial charge in [-0.05, 0) is 30.9 Å². The van der Waals surface area contributed by atoms with Crippen LogP contribution < -0.4 is 5.32 Å². The first-order valence-electron chi connectivity index (χ1n) is 7.57. The highest BCUT2D eigenvalue weighted by Gasteiger charge is 2.20. The largest absolute Gasteiger partial charge is 0.385 e. The van der Waals surface area contributed by atoms with Crippen LogP contribution in [-0.4, -0.2) is 30.4 Å². The fourth-order valence-corrected chi connectivity index (χ4v) is 2.31. The standard InChI is InChI=1S/C17H28N2O/c1-6-18-16-10-8-7-9-15(16)17(20)19(11-13(2)3)12-14(4)5/h7-10,13-14,18H,6,11-12H2,1-5H3. The van der Waals surface area contributed by atoms with E-state index >= 15 is 0 Å². The van der Waals surface area contributed by atoms with E-state index in [1.54, 1.807) is 0 Å². The smallest absolute Gasteiger partial charge is 0.255 e. The average Bonchev–Trinajstić information content (AvgIpc) is 2.37. The Labute approximate surface area is 123 Å². The lowest BCUT2D eigenvalue weighted by molar-refractivity contribution is 0.0716. The second-order valence-electron chi connectivity index (χ2n) is 6.07. The molecule has 0 radical (unpaired) electrons. The highest BCUT2D eigenvalue weighted by Crippen LogP contribution is 2.18. The first kappa shape index (κ1) is 16.5. The molecule has 0 saturated heterocycles. The van der Waals surface area contributed by atoms with Gasteiger partial charge in [0.15, 0.2) is 0 Å². The number of anilines is 1. The van der Waals surface area contributed by atoms with Gasteiger partial charge >= 0.3 is 0 Å². The van der Waals surface area contributed by atoms with Gasteiger partial charge in [0, 0.05) is 25.3 Å². The van der Waals surface area contributed by atoms with E-state index in [4.69, 9.17) is 0 Å². The van der Waals surface area contributed by atoms with Gasteiger partial charge in [-0.1, -0.05) is 39.8 Å². The maximum Gasteiger partial charge on any atom is 0.255 e. The van der Waals surface area contributed by atoms with Gasteiger partial charge in [-0.15, -0.1) is 0 Å². The van der Waals surface area contributed by atoms with E-state index in [1.165, 1.54) is 0 Å². The monoisotopic (exact) mass is 276 g/mol. The fraction of sp³-hybridized carbons (Fsp3) is 0.588. The molecule has 0 aliphatic carbocycles. The summed E-state index contributed by atoms with van der Waals surface area (Å²) >= 11 is 0. The molecule has 1 N–H and O–H groups in total. The van der Waals surface area contributed by atoms with Crippen molar-refractivity contribution < 1.29 is 4.79 Å². The van der Waals surface area contributed by atoms with Crippen LogP contribution >= 0.6 is 0 Å². The van der Waals surface area contributed by atoms with Crippen molar-refractivity contribution in [3.8, 4) is 0 Å². The molecule has 0 atom stereocenters. The van der Waals surface area contributed by atoms with Gasteiger partial charge in [0.1, 0.15) is 0 Å². The van der Waals surface area contributed by atoms with Crippen LogP contribution in [0.4, 0.5) is 5.69 Å². The summed E-state index contributed by atoms with van der Waals surface area (Å²) in [5.74, 6) is 1.08. The number of carbonyl (C=O) groups excluding carboxylic acids is 1. The maximum absolute atomic E-state index is 12.8. The molecule has 0 spiro atoms. The van der Waals surface area contributed by atoms with Crippen molar-refractivity contribution in [1.29, 1.82) is 0 Å². The van der Waals surface area contributed by atoms with Crippen LogP contribution in [0, 0.1) is 11.8 Å². The number of hydrogen-bond donors (Lipinski definition) is 1. The van der Waals surface area contributed by atoms with Gasteiger partial charge in [-0.2, -0.15) is 0 Å². The van der Waals surface area contributed by atoms with E-state index in [0.717, 1.165) is 30.9 Å². The van der Waals surface area contributed by atoms with Crippen molar-refractivity contribution in [1.82, 2.24) is 4.90 Å². The molecule has 1 aromatic carbocycles. The van der Waals surface area contributed by atoms with Crippen LogP contribution in [0.3, 0.4) is 0 Å². The van der Waals surface area contributed by atoms with E-state index in [0.29, 0.717) is 11.8 Å². The van der Waals surface area contributed by atoms with Crippen LogP contribution in [0.5, 0.6) is 0 Å². The van der Waals surface area contributed by atoms with Crippen molar-refractivity contribution in [2.45, 2.75) is 34.6 Å². The average molecular weight is 276 g/mol. The number of nitrogens with zero attached hydrogens (tertiary/aromatic N) is 1. The molecule has 0 saturated carbocycles. The lowest BCUT2D eigenvalue weighted by Gasteiger charge is -2.27. The summed E-state index contributed by atoms with van der Waals surface area (Å²) < 4.78 is 0. The number of rotatable bonds is 7. The summed E-state index contributed by atoms with van der Waals surface area (Å²) in [6.07, 6.45) is 0. The third kappa shape index (κ3) is 4.87. The number of para-hydroxylation sites is 1. The highest BCUT2D eigenvalue weighted by atomic mass is 16.2. The van der Waals surface area contributed by atoms with E-state index in [9.17, 15) is 4.79 Å². The van der Waals surface area contributed by atoms with Crippen LogP contribution in [0.15, 0.2) is 24.3 Å². The molecule has 0 fully saturated rings. The van der Waals surface area contributed by atoms with Gasteiger partial charge < -0.3 is 10.2 Å². The highest BCUT2D eigenvalue weighted by molar-refractivity contribution is 5.99. The lowest BCUT2D eigenvalue weighted by Crippen LogP contribution is -2.37. The minimum atomic E-state index is 0.129. The second kappa shape index (κ2) is 7.93. The maximum atomic E-state index is 12.8. The molecule has 0 aliphatic rings. The number of hydrogen-bond acceptors (Lipinski definition) is 2. The third-order valence-corrected chi connectivity index (χ3v) is 2.98. The molecule has 3 nitrogen and oxygen atoms in total. The van der Waals surface area contributed by atoms with Gasteiger partial charge in [-0.3, -0.25) is 4.79 Å². The first-order chi connectivity index (χ1) is 9.45. The molecule has 3 heteroatoms. The quantitative estimate of drug-likeness (QED) is 0.820. The Bertz CT molecular complexity index is 417. The number of carbonyl (C=O) groups is 1. The zero-order valence-corrected chi connectivity index (χ0v) is 13.4. The molecule has 1 amide bonds. The molecule has 20 heavy (non-hydrogen) atoms. The first-order valence-corrected chi connectivity index (χ1v) is 7.57. The third-order valence-electron chi connectivity index (χ3n) is 2.98. The van der Waals surface area contributed by atoms with Gasteiger partial charge in [0.2, 0.25) is 0 Å². The normalized spacial score (nSPS) is 10.9. The van der Waals surface area contributed by atoms with E-state index in [-0.39, 0.29) is 5.91 Å². The summed E-state index contributed by atoms with van der Waals surface area (Å²) in [5.41, 5.74) is 1.70. The molecule has 112 valence electrons. The van der Waals surface area contributed by atoms with Gasteiger partial charge in [-0.25, -0.2) is 0 Å². The zero-order chi connectivity index (χ0) is 15.1. The molecule has 0 bridgehead atoms. The zero-order valence-electron chi connectivity index (χ0n) is 13.4. The molecule has 0 heterocycles. The predicted octanol–water partition coefficient (Wildman–Crippen LogP) is 3.87. The van der Waals surface area contributed by atoms with Crippen LogP contribution in [0.2, 0.25) is 0 Å². The summed E-state index contributed by atoms with van der Waals surface area (Å²) in [5, 5.41) is 3.27. The van der Waals surface area contributed by atoms with Crippen molar-refractivity contribution in [3.63, 3.8) is 0 Å². The Morgan fingerprint density at radius 3 is 2.15 bits per heavy atom. The Morgan fingerprint density at radius 2 is 1.65 bits per heavy atom. The molecule has 0 unspecified atom stereocenters. The van der Waals surface area contributed by atoms with Gasteiger partial charge in [0.25, 0.3) is 5.91 Å². The predicted molar refractivity (Wildman–Crippen MR) is 86.2 cm³/mol. The Kier molecular flexibility index (Phi) is 6.56. The van der Waals surface area contributed by atoms with Crippen molar-refractivity contribution >= 4 is 11.6 Å². The fourth-order valence-electron chi connectivity index (χ4n) is 2.31. The minimum Gasteiger partial charge on any atom is -0.385 e. The van der Waals surface area contributed by atoms with Crippen LogP contribution in [-0.2, 0) is 0 Å². The van der Waals surface area contributed by atoms with E-state index < -0.39 is 0 Å². The molecule has 0 aromatic heterocycles. The molecular formula is C17H28N2O. The molecule has 0 aliphatic heterocycles.